The number of nitrogens with zero attached hydrogens (tertiary/aromatic N) is 6. The Morgan fingerprint density at radius 3 is 2.84 bits per heavy atom. The van der Waals surface area contributed by atoms with Gasteiger partial charge in [-0.05, 0) is 69.0 Å². The number of alkyl halides is 1. The number of carbonyl (C=O) groups is 1. The molecule has 6 aliphatic rings. The van der Waals surface area contributed by atoms with Crippen molar-refractivity contribution in [3.05, 3.63) is 34.4 Å². The molecule has 2 aromatic carbocycles. The smallest absolute Gasteiger partial charge is 0.319 e. The van der Waals surface area contributed by atoms with Gasteiger partial charge in [0.1, 0.15) is 53.6 Å². The van der Waals surface area contributed by atoms with E-state index in [9.17, 15) is 19.6 Å². The Balaban J connectivity index is 1.10. The van der Waals surface area contributed by atoms with Crippen LogP contribution in [0.5, 0.6) is 11.8 Å². The van der Waals surface area contributed by atoms with Gasteiger partial charge in [-0.3, -0.25) is 15.0 Å². The second-order valence-corrected chi connectivity index (χ2v) is 18.1. The summed E-state index contributed by atoms with van der Waals surface area (Å²) in [5.74, 6) is -0.533. The summed E-state index contributed by atoms with van der Waals surface area (Å²) in [6.45, 7) is 4.16. The molecule has 300 valence electrons. The lowest BCUT2D eigenvalue weighted by Crippen LogP contribution is -2.48. The van der Waals surface area contributed by atoms with E-state index in [2.05, 4.69) is 15.2 Å². The summed E-state index contributed by atoms with van der Waals surface area (Å²) in [5, 5.41) is 24.9. The van der Waals surface area contributed by atoms with Gasteiger partial charge in [-0.1, -0.05) is 17.7 Å². The highest BCUT2D eigenvalue weighted by Gasteiger charge is 2.53. The average molecular weight is 823 g/mol. The van der Waals surface area contributed by atoms with Crippen LogP contribution in [0, 0.1) is 34.8 Å². The van der Waals surface area contributed by atoms with Gasteiger partial charge in [0, 0.05) is 49.6 Å². The minimum atomic E-state index is -0.995. The maximum atomic E-state index is 17.6. The fourth-order valence-corrected chi connectivity index (χ4v) is 11.3. The second-order valence-electron chi connectivity index (χ2n) is 16.7. The summed E-state index contributed by atoms with van der Waals surface area (Å²) in [4.78, 5) is 28.9. The van der Waals surface area contributed by atoms with Crippen LogP contribution in [0.2, 0.25) is 5.02 Å². The Kier molecular flexibility index (Phi) is 8.95. The molecular weight excluding hydrogens is 781 g/mol. The topological polar surface area (TPSA) is 163 Å². The van der Waals surface area contributed by atoms with Crippen LogP contribution in [0.4, 0.5) is 24.0 Å². The van der Waals surface area contributed by atoms with Crippen molar-refractivity contribution >= 4 is 60.7 Å². The predicted octanol–water partition coefficient (Wildman–Crippen LogP) is 5.40. The number of nitrogens with one attached hydrogen (secondary N) is 1. The Labute approximate surface area is 335 Å². The summed E-state index contributed by atoms with van der Waals surface area (Å²) in [6.07, 6.45) is 2.99. The molecule has 5 fully saturated rings. The number of amides is 1. The maximum absolute atomic E-state index is 17.6. The summed E-state index contributed by atoms with van der Waals surface area (Å²) < 4.78 is 60.3. The molecule has 5 aliphatic heterocycles. The van der Waals surface area contributed by atoms with E-state index in [4.69, 9.17) is 31.8 Å². The summed E-state index contributed by atoms with van der Waals surface area (Å²) in [6, 6.07) is 3.85. The first kappa shape index (κ1) is 37.2. The molecular formula is C40H42ClF3N8O4S. The van der Waals surface area contributed by atoms with Gasteiger partial charge in [-0.2, -0.15) is 15.2 Å². The first-order valence-electron chi connectivity index (χ1n) is 19.7. The van der Waals surface area contributed by atoms with E-state index in [0.29, 0.717) is 44.9 Å². The number of likely N-dealkylation sites (tertiary alicyclic amines) is 1. The highest BCUT2D eigenvalue weighted by molar-refractivity contribution is 7.23. The molecule has 1 amide bonds. The van der Waals surface area contributed by atoms with Gasteiger partial charge in [0.25, 0.3) is 0 Å². The van der Waals surface area contributed by atoms with Crippen LogP contribution < -0.4 is 25.4 Å². The van der Waals surface area contributed by atoms with Crippen LogP contribution in [0.1, 0.15) is 51.0 Å². The average Bonchev–Trinajstić information content (AvgIpc) is 4.04. The normalized spacial score (nSPS) is 28.8. The number of hydrogen-bond donors (Lipinski definition) is 3. The van der Waals surface area contributed by atoms with Crippen LogP contribution in [-0.2, 0) is 4.79 Å². The van der Waals surface area contributed by atoms with E-state index in [1.54, 1.807) is 6.92 Å². The van der Waals surface area contributed by atoms with Gasteiger partial charge in [-0.15, -0.1) is 11.3 Å². The largest absolute Gasteiger partial charge is 0.489 e. The molecule has 0 spiro atoms. The van der Waals surface area contributed by atoms with Crippen LogP contribution in [0.25, 0.3) is 32.1 Å². The molecule has 57 heavy (non-hydrogen) atoms. The highest BCUT2D eigenvalue weighted by Crippen LogP contribution is 2.52. The van der Waals surface area contributed by atoms with Gasteiger partial charge >= 0.3 is 6.01 Å². The van der Waals surface area contributed by atoms with Gasteiger partial charge in [0.05, 0.1) is 38.4 Å². The number of rotatable bonds is 9. The Morgan fingerprint density at radius 1 is 1.25 bits per heavy atom. The number of benzene rings is 2. The van der Waals surface area contributed by atoms with Gasteiger partial charge in [-0.25, -0.2) is 13.2 Å². The molecule has 0 radical (unpaired) electrons. The molecule has 4 saturated heterocycles. The van der Waals surface area contributed by atoms with Gasteiger partial charge in [0.2, 0.25) is 5.91 Å². The number of aromatic nitrogens is 2. The van der Waals surface area contributed by atoms with Crippen LogP contribution in [0.3, 0.4) is 0 Å². The van der Waals surface area contributed by atoms with E-state index in [1.807, 2.05) is 15.9 Å². The zero-order valence-corrected chi connectivity index (χ0v) is 32.8. The first-order valence-corrected chi connectivity index (χ1v) is 20.9. The zero-order valence-electron chi connectivity index (χ0n) is 31.2. The van der Waals surface area contributed by atoms with E-state index in [-0.39, 0.29) is 102 Å². The molecule has 7 atom stereocenters. The molecule has 7 heterocycles. The van der Waals surface area contributed by atoms with Crippen molar-refractivity contribution in [2.24, 2.45) is 11.8 Å². The molecule has 0 bridgehead atoms. The molecule has 17 heteroatoms. The Hall–Kier alpha value is -4.14. The second kappa shape index (κ2) is 13.7. The number of anilines is 2. The van der Waals surface area contributed by atoms with Crippen LogP contribution in [-0.4, -0.2) is 113 Å². The maximum Gasteiger partial charge on any atom is 0.319 e. The summed E-state index contributed by atoms with van der Waals surface area (Å²) in [7, 11) is 0. The number of carbonyl (C=O) groups excluding carboxylic acids is 1. The van der Waals surface area contributed by atoms with Crippen molar-refractivity contribution in [1.29, 1.82) is 5.26 Å². The molecule has 2 aromatic heterocycles. The number of thiophene rings is 1. The Morgan fingerprint density at radius 2 is 2.07 bits per heavy atom. The van der Waals surface area contributed by atoms with Crippen molar-refractivity contribution in [2.45, 2.75) is 81.4 Å². The molecule has 3 unspecified atom stereocenters. The number of nitrogens with two attached hydrogens (primary N) is 1. The van der Waals surface area contributed by atoms with E-state index >= 15 is 8.78 Å². The standard InChI is InChI=1S/C40H42ClF3N8O4S/c1-18(53)25-16-55-34-28-32(30(44)27(29(34)41)22-5-6-24(43)35-26(22)23(12-45)36(46)57-35)48-39(56-17-40-8-2-9-51(40)15-21(42)11-40)49-37(28)52(25)14-19-7-10-50(13-19)38(54)33-31(47-33)20-3-4-20/h5-6,18-21,25,31,33,47,53H,2-4,7-11,13-17,46H2,1H3/t18?,19?,21-,25?,31+,33-,40+/m1/s1. The van der Waals surface area contributed by atoms with E-state index in [1.165, 1.54) is 12.1 Å². The minimum Gasteiger partial charge on any atom is -0.489 e. The summed E-state index contributed by atoms with van der Waals surface area (Å²) in [5.41, 5.74) is 5.36. The molecule has 1 aliphatic carbocycles. The minimum absolute atomic E-state index is 0.00712. The number of ether oxygens (including phenoxy) is 2. The molecule has 4 aromatic rings. The number of hydrogen-bond acceptors (Lipinski definition) is 12. The molecule has 10 rings (SSSR count). The lowest BCUT2D eigenvalue weighted by Gasteiger charge is -2.35. The number of halogens is 4. The highest BCUT2D eigenvalue weighted by atomic mass is 35.5. The number of nitriles is 1. The summed E-state index contributed by atoms with van der Waals surface area (Å²) >= 11 is 8.04. The predicted molar refractivity (Wildman–Crippen MR) is 209 cm³/mol. The van der Waals surface area contributed by atoms with E-state index in [0.717, 1.165) is 43.6 Å². The SMILES string of the molecule is CC(O)C1COc2c(Cl)c(-c3ccc(F)c4sc(N)c(C#N)c34)c(F)c3nc(OC[C@@]45CCCN4C[C@H](F)C5)nc(c23)N1CC1CCN(C(=O)[C@@H]2N[C@H]2C2CC2)C1. The van der Waals surface area contributed by atoms with Crippen molar-refractivity contribution < 1.29 is 32.5 Å². The third-order valence-corrected chi connectivity index (χ3v) is 14.5. The number of aliphatic hydroxyl groups is 1. The quantitative estimate of drug-likeness (QED) is 0.186. The van der Waals surface area contributed by atoms with Crippen molar-refractivity contribution in [3.8, 4) is 29.0 Å². The fraction of sp³-hybridized carbons (Fsp3) is 0.550. The van der Waals surface area contributed by atoms with Crippen molar-refractivity contribution in [2.75, 3.05) is 56.6 Å². The number of nitrogen functional groups attached to an aromatic ring is 1. The molecule has 1 saturated carbocycles. The zero-order chi connectivity index (χ0) is 39.5. The van der Waals surface area contributed by atoms with Crippen LogP contribution >= 0.6 is 22.9 Å². The van der Waals surface area contributed by atoms with Gasteiger partial charge in [0.15, 0.2) is 11.6 Å². The monoisotopic (exact) mass is 822 g/mol. The number of fused-ring (bicyclic) bond motifs is 2. The Bertz CT molecular complexity index is 2370. The lowest BCUT2D eigenvalue weighted by atomic mass is 9.95. The van der Waals surface area contributed by atoms with Crippen molar-refractivity contribution in [3.63, 3.8) is 0 Å². The lowest BCUT2D eigenvalue weighted by molar-refractivity contribution is -0.129. The molecule has 4 N–H and O–H groups in total. The van der Waals surface area contributed by atoms with Crippen molar-refractivity contribution in [1.82, 2.24) is 25.1 Å². The number of aliphatic hydroxyl groups excluding tert-OH is 1. The fourth-order valence-electron chi connectivity index (χ4n) is 9.97. The third kappa shape index (κ3) is 6.06. The van der Waals surface area contributed by atoms with Gasteiger partial charge < -0.3 is 30.1 Å². The third-order valence-electron chi connectivity index (χ3n) is 13.1. The van der Waals surface area contributed by atoms with Crippen LogP contribution in [0.15, 0.2) is 12.1 Å². The first-order chi connectivity index (χ1) is 27.5. The van der Waals surface area contributed by atoms with E-state index < -0.39 is 35.5 Å². The molecule has 12 nitrogen and oxygen atoms in total.